The average molecular weight is 534 g/mol. The van der Waals surface area contributed by atoms with Gasteiger partial charge < -0.3 is 10.1 Å². The predicted octanol–water partition coefficient (Wildman–Crippen LogP) is 7.09. The van der Waals surface area contributed by atoms with E-state index in [2.05, 4.69) is 62.5 Å². The molecule has 6 heteroatoms. The van der Waals surface area contributed by atoms with Gasteiger partial charge in [-0.3, -0.25) is 4.90 Å². The predicted molar refractivity (Wildman–Crippen MR) is 137 cm³/mol. The van der Waals surface area contributed by atoms with Crippen molar-refractivity contribution in [1.29, 1.82) is 0 Å². The summed E-state index contributed by atoms with van der Waals surface area (Å²) in [6.07, 6.45) is 2.30. The van der Waals surface area contributed by atoms with Crippen molar-refractivity contribution in [2.24, 2.45) is 0 Å². The highest BCUT2D eigenvalue weighted by Gasteiger charge is 2.19. The van der Waals surface area contributed by atoms with E-state index in [-0.39, 0.29) is 0 Å². The van der Waals surface area contributed by atoms with Crippen molar-refractivity contribution in [3.05, 3.63) is 97.9 Å². The molecule has 3 aromatic rings. The second-order valence-electron chi connectivity index (χ2n) is 8.19. The molecular weight excluding hydrogens is 507 g/mol. The van der Waals surface area contributed by atoms with Crippen LogP contribution >= 0.6 is 39.1 Å². The Morgan fingerprint density at radius 2 is 1.72 bits per heavy atom. The Bertz CT molecular complexity index is 1020. The van der Waals surface area contributed by atoms with Gasteiger partial charge in [0, 0.05) is 44.8 Å². The van der Waals surface area contributed by atoms with Crippen molar-refractivity contribution in [2.75, 3.05) is 13.1 Å². The molecule has 3 aromatic carbocycles. The van der Waals surface area contributed by atoms with Crippen LogP contribution in [-0.2, 0) is 19.7 Å². The molecule has 1 saturated heterocycles. The van der Waals surface area contributed by atoms with Crippen LogP contribution in [0.2, 0.25) is 10.0 Å². The van der Waals surface area contributed by atoms with Gasteiger partial charge in [-0.25, -0.2) is 0 Å². The smallest absolute Gasteiger partial charge is 0.124 e. The lowest BCUT2D eigenvalue weighted by molar-refractivity contribution is 0.189. The van der Waals surface area contributed by atoms with E-state index in [1.54, 1.807) is 6.07 Å². The minimum absolute atomic E-state index is 0.405. The van der Waals surface area contributed by atoms with Gasteiger partial charge in [-0.05, 0) is 61.8 Å². The summed E-state index contributed by atoms with van der Waals surface area (Å²) in [5.41, 5.74) is 3.44. The van der Waals surface area contributed by atoms with Gasteiger partial charge in [-0.2, -0.15) is 0 Å². The molecule has 0 spiro atoms. The Morgan fingerprint density at radius 3 is 2.47 bits per heavy atom. The SMILES string of the molecule is Clc1ccc(COc2ccc(Br)cc2CNC2CCN(Cc3ccccc3)CC2)c(Cl)c1. The molecule has 32 heavy (non-hydrogen) atoms. The molecule has 0 bridgehead atoms. The second kappa shape index (κ2) is 11.5. The molecule has 3 nitrogen and oxygen atoms in total. The third kappa shape index (κ3) is 6.72. The lowest BCUT2D eigenvalue weighted by atomic mass is 10.0. The monoisotopic (exact) mass is 532 g/mol. The molecule has 1 N–H and O–H groups in total. The summed E-state index contributed by atoms with van der Waals surface area (Å²) in [6, 6.07) is 22.8. The van der Waals surface area contributed by atoms with Crippen molar-refractivity contribution < 1.29 is 4.74 Å². The number of likely N-dealkylation sites (tertiary alicyclic amines) is 1. The Balaban J connectivity index is 1.30. The highest BCUT2D eigenvalue weighted by molar-refractivity contribution is 9.10. The molecule has 168 valence electrons. The minimum Gasteiger partial charge on any atom is -0.489 e. The quantitative estimate of drug-likeness (QED) is 0.334. The van der Waals surface area contributed by atoms with Gasteiger partial charge in [0.2, 0.25) is 0 Å². The minimum atomic E-state index is 0.405. The average Bonchev–Trinajstić information content (AvgIpc) is 2.80. The van der Waals surface area contributed by atoms with Crippen LogP contribution in [0, 0.1) is 0 Å². The Kier molecular flexibility index (Phi) is 8.50. The van der Waals surface area contributed by atoms with Crippen LogP contribution < -0.4 is 10.1 Å². The van der Waals surface area contributed by atoms with Crippen molar-refractivity contribution in [3.8, 4) is 5.75 Å². The summed E-state index contributed by atoms with van der Waals surface area (Å²) in [5.74, 6) is 0.869. The maximum atomic E-state index is 6.30. The van der Waals surface area contributed by atoms with Crippen LogP contribution in [0.15, 0.2) is 71.2 Å². The molecule has 1 aliphatic rings. The summed E-state index contributed by atoms with van der Waals surface area (Å²) >= 11 is 15.9. The van der Waals surface area contributed by atoms with E-state index in [9.17, 15) is 0 Å². The van der Waals surface area contributed by atoms with E-state index in [1.165, 1.54) is 5.56 Å². The number of ether oxygens (including phenoxy) is 1. The number of halogens is 3. The third-order valence-electron chi connectivity index (χ3n) is 5.84. The molecule has 1 aliphatic heterocycles. The van der Waals surface area contributed by atoms with Crippen LogP contribution in [0.4, 0.5) is 0 Å². The summed E-state index contributed by atoms with van der Waals surface area (Å²) < 4.78 is 7.17. The molecule has 1 fully saturated rings. The first-order valence-corrected chi connectivity index (χ1v) is 12.5. The maximum Gasteiger partial charge on any atom is 0.124 e. The topological polar surface area (TPSA) is 24.5 Å². The summed E-state index contributed by atoms with van der Waals surface area (Å²) in [6.45, 7) is 4.44. The number of nitrogens with zero attached hydrogens (tertiary/aromatic N) is 1. The maximum absolute atomic E-state index is 6.30. The van der Waals surface area contributed by atoms with Gasteiger partial charge >= 0.3 is 0 Å². The zero-order valence-corrected chi connectivity index (χ0v) is 21.0. The molecule has 4 rings (SSSR count). The van der Waals surface area contributed by atoms with Gasteiger partial charge in [-0.1, -0.05) is 75.5 Å². The Labute approximate surface area is 208 Å². The molecule has 0 unspecified atom stereocenters. The number of nitrogens with one attached hydrogen (secondary N) is 1. The van der Waals surface area contributed by atoms with Crippen molar-refractivity contribution in [2.45, 2.75) is 38.6 Å². The number of hydrogen-bond acceptors (Lipinski definition) is 3. The normalized spacial score (nSPS) is 15.1. The molecule has 0 radical (unpaired) electrons. The van der Waals surface area contributed by atoms with E-state index in [4.69, 9.17) is 27.9 Å². The molecular formula is C26H27BrCl2N2O. The van der Waals surface area contributed by atoms with Crippen LogP contribution in [0.5, 0.6) is 5.75 Å². The first kappa shape index (κ1) is 23.6. The fourth-order valence-electron chi connectivity index (χ4n) is 4.01. The number of rotatable bonds is 8. The largest absolute Gasteiger partial charge is 0.489 e. The van der Waals surface area contributed by atoms with E-state index in [0.29, 0.717) is 22.7 Å². The van der Waals surface area contributed by atoms with E-state index in [1.807, 2.05) is 24.3 Å². The van der Waals surface area contributed by atoms with Crippen LogP contribution in [0.1, 0.15) is 29.5 Å². The molecule has 0 atom stereocenters. The van der Waals surface area contributed by atoms with Gasteiger partial charge in [0.05, 0.1) is 0 Å². The lowest BCUT2D eigenvalue weighted by Crippen LogP contribution is -2.41. The highest BCUT2D eigenvalue weighted by Crippen LogP contribution is 2.27. The molecule has 1 heterocycles. The number of piperidine rings is 1. The Hall–Kier alpha value is -1.56. The second-order valence-corrected chi connectivity index (χ2v) is 9.95. The molecule has 0 aromatic heterocycles. The van der Waals surface area contributed by atoms with Crippen molar-refractivity contribution in [3.63, 3.8) is 0 Å². The molecule has 0 amide bonds. The summed E-state index contributed by atoms with van der Waals surface area (Å²) in [5, 5.41) is 4.98. The zero-order valence-electron chi connectivity index (χ0n) is 17.9. The van der Waals surface area contributed by atoms with Gasteiger partial charge in [-0.15, -0.1) is 0 Å². The molecule has 0 saturated carbocycles. The number of hydrogen-bond donors (Lipinski definition) is 1. The lowest BCUT2D eigenvalue weighted by Gasteiger charge is -2.32. The van der Waals surface area contributed by atoms with E-state index >= 15 is 0 Å². The van der Waals surface area contributed by atoms with Gasteiger partial charge in [0.25, 0.3) is 0 Å². The Morgan fingerprint density at radius 1 is 0.938 bits per heavy atom. The fraction of sp³-hybridized carbons (Fsp3) is 0.308. The first-order chi connectivity index (χ1) is 15.6. The van der Waals surface area contributed by atoms with Gasteiger partial charge in [0.15, 0.2) is 0 Å². The summed E-state index contributed by atoms with van der Waals surface area (Å²) in [4.78, 5) is 2.54. The van der Waals surface area contributed by atoms with Crippen LogP contribution in [0.3, 0.4) is 0 Å². The summed E-state index contributed by atoms with van der Waals surface area (Å²) in [7, 11) is 0. The van der Waals surface area contributed by atoms with E-state index < -0.39 is 0 Å². The number of benzene rings is 3. The van der Waals surface area contributed by atoms with Gasteiger partial charge in [0.1, 0.15) is 12.4 Å². The van der Waals surface area contributed by atoms with Crippen molar-refractivity contribution in [1.82, 2.24) is 10.2 Å². The zero-order chi connectivity index (χ0) is 22.3. The fourth-order valence-corrected chi connectivity index (χ4v) is 4.88. The van der Waals surface area contributed by atoms with Crippen LogP contribution in [-0.4, -0.2) is 24.0 Å². The third-order valence-corrected chi connectivity index (χ3v) is 6.92. The van der Waals surface area contributed by atoms with E-state index in [0.717, 1.165) is 60.4 Å². The molecule has 0 aliphatic carbocycles. The highest BCUT2D eigenvalue weighted by atomic mass is 79.9. The van der Waals surface area contributed by atoms with Crippen LogP contribution in [0.25, 0.3) is 0 Å². The standard InChI is InChI=1S/C26H27BrCl2N2O/c27-22-7-9-26(32-18-20-6-8-23(28)15-25(20)29)21(14-22)16-30-24-10-12-31(13-11-24)17-19-4-2-1-3-5-19/h1-9,14-15,24,30H,10-13,16-18H2. The van der Waals surface area contributed by atoms with Crippen molar-refractivity contribution >= 4 is 39.1 Å². The first-order valence-electron chi connectivity index (χ1n) is 10.9.